The molecule has 1 fully saturated rings. The summed E-state index contributed by atoms with van der Waals surface area (Å²) in [6, 6.07) is 3.11. The van der Waals surface area contributed by atoms with Crippen LogP contribution in [-0.2, 0) is 17.9 Å². The number of carbonyl (C=O) groups is 2. The first kappa shape index (κ1) is 21.4. The highest BCUT2D eigenvalue weighted by Crippen LogP contribution is 2.22. The van der Waals surface area contributed by atoms with Crippen LogP contribution >= 0.6 is 11.8 Å². The van der Waals surface area contributed by atoms with E-state index in [0.29, 0.717) is 43.4 Å². The van der Waals surface area contributed by atoms with Crippen LogP contribution in [-0.4, -0.2) is 45.7 Å². The van der Waals surface area contributed by atoms with E-state index < -0.39 is 34.5 Å². The minimum atomic E-state index is -1.26. The van der Waals surface area contributed by atoms with E-state index >= 15 is 0 Å². The number of nitrogens with one attached hydrogen (secondary N) is 3. The molecule has 8 nitrogen and oxygen atoms in total. The largest absolute Gasteiger partial charge is 0.350 e. The first-order chi connectivity index (χ1) is 14.9. The third kappa shape index (κ3) is 4.33. The van der Waals surface area contributed by atoms with E-state index in [2.05, 4.69) is 20.9 Å². The maximum Gasteiger partial charge on any atom is 0.267 e. The van der Waals surface area contributed by atoms with Crippen LogP contribution in [0.25, 0.3) is 0 Å². The summed E-state index contributed by atoms with van der Waals surface area (Å²) in [6.07, 6.45) is 1.83. The van der Waals surface area contributed by atoms with Gasteiger partial charge >= 0.3 is 0 Å². The average Bonchev–Trinajstić information content (AvgIpc) is 3.23. The Kier molecular flexibility index (Phi) is 6.05. The Balaban J connectivity index is 1.53. The second-order valence-corrected chi connectivity index (χ2v) is 8.53. The molecule has 31 heavy (non-hydrogen) atoms. The summed E-state index contributed by atoms with van der Waals surface area (Å²) < 4.78 is 28.5. The minimum Gasteiger partial charge on any atom is -0.350 e. The van der Waals surface area contributed by atoms with Gasteiger partial charge in [-0.15, -0.1) is 0 Å². The summed E-state index contributed by atoms with van der Waals surface area (Å²) >= 11 is 1.44. The average molecular weight is 449 g/mol. The van der Waals surface area contributed by atoms with Gasteiger partial charge in [0.15, 0.2) is 5.16 Å². The molecule has 11 heteroatoms. The van der Waals surface area contributed by atoms with Crippen molar-refractivity contribution in [2.75, 3.05) is 18.8 Å². The molecule has 0 aliphatic carbocycles. The second-order valence-electron chi connectivity index (χ2n) is 7.46. The van der Waals surface area contributed by atoms with Crippen LogP contribution in [0.5, 0.6) is 0 Å². The Labute approximate surface area is 180 Å². The van der Waals surface area contributed by atoms with Crippen LogP contribution in [0.2, 0.25) is 0 Å². The molecule has 1 saturated heterocycles. The van der Waals surface area contributed by atoms with Gasteiger partial charge in [0.2, 0.25) is 5.91 Å². The molecule has 4 rings (SSSR count). The van der Waals surface area contributed by atoms with E-state index in [-0.39, 0.29) is 17.7 Å². The number of hydrogen-bond acceptors (Lipinski definition) is 6. The molecule has 0 atom stereocenters. The van der Waals surface area contributed by atoms with Crippen molar-refractivity contribution in [3.8, 4) is 0 Å². The highest BCUT2D eigenvalue weighted by molar-refractivity contribution is 7.99. The lowest BCUT2D eigenvalue weighted by Crippen LogP contribution is -2.63. The van der Waals surface area contributed by atoms with Gasteiger partial charge in [-0.3, -0.25) is 19.0 Å². The SMILES string of the molecule is O=C(NC1(C(=O)NCc2ccc(F)cc2F)CCNCC1)c1cnc2n(c1=O)CCS2. The highest BCUT2D eigenvalue weighted by Gasteiger charge is 2.41. The van der Waals surface area contributed by atoms with E-state index in [4.69, 9.17) is 0 Å². The molecule has 1 aromatic heterocycles. The lowest BCUT2D eigenvalue weighted by Gasteiger charge is -2.37. The summed E-state index contributed by atoms with van der Waals surface area (Å²) in [7, 11) is 0. The number of aromatic nitrogens is 2. The minimum absolute atomic E-state index is 0.124. The number of nitrogens with zero attached hydrogens (tertiary/aromatic N) is 2. The van der Waals surface area contributed by atoms with Crippen LogP contribution in [0, 0.1) is 11.6 Å². The Bertz CT molecular complexity index is 1080. The molecule has 2 amide bonds. The van der Waals surface area contributed by atoms with Crippen molar-refractivity contribution in [2.24, 2.45) is 0 Å². The number of carbonyl (C=O) groups excluding carboxylic acids is 2. The van der Waals surface area contributed by atoms with Gasteiger partial charge in [0.1, 0.15) is 22.7 Å². The van der Waals surface area contributed by atoms with E-state index in [1.807, 2.05) is 0 Å². The van der Waals surface area contributed by atoms with Crippen LogP contribution in [0.4, 0.5) is 8.78 Å². The second kappa shape index (κ2) is 8.75. The van der Waals surface area contributed by atoms with Gasteiger partial charge in [0.25, 0.3) is 11.5 Å². The van der Waals surface area contributed by atoms with Crippen molar-refractivity contribution in [1.82, 2.24) is 25.5 Å². The van der Waals surface area contributed by atoms with Crippen molar-refractivity contribution in [2.45, 2.75) is 36.6 Å². The van der Waals surface area contributed by atoms with E-state index in [9.17, 15) is 23.2 Å². The first-order valence-corrected chi connectivity index (χ1v) is 10.9. The fourth-order valence-corrected chi connectivity index (χ4v) is 4.64. The van der Waals surface area contributed by atoms with E-state index in [1.54, 1.807) is 0 Å². The number of rotatable bonds is 5. The normalized spacial score (nSPS) is 17.1. The van der Waals surface area contributed by atoms with Gasteiger partial charge in [-0.25, -0.2) is 13.8 Å². The smallest absolute Gasteiger partial charge is 0.267 e. The van der Waals surface area contributed by atoms with E-state index in [0.717, 1.165) is 12.1 Å². The quantitative estimate of drug-likeness (QED) is 0.584. The van der Waals surface area contributed by atoms with Crippen molar-refractivity contribution in [3.63, 3.8) is 0 Å². The van der Waals surface area contributed by atoms with Gasteiger partial charge in [0, 0.05) is 36.7 Å². The number of halogens is 2. The number of benzene rings is 1. The van der Waals surface area contributed by atoms with E-state index in [1.165, 1.54) is 28.6 Å². The molecule has 0 unspecified atom stereocenters. The van der Waals surface area contributed by atoms with Crippen molar-refractivity contribution in [1.29, 1.82) is 0 Å². The molecular weight excluding hydrogens is 428 g/mol. The maximum atomic E-state index is 13.9. The zero-order valence-corrected chi connectivity index (χ0v) is 17.4. The number of thioether (sulfide) groups is 1. The summed E-state index contributed by atoms with van der Waals surface area (Å²) in [6.45, 7) is 1.29. The summed E-state index contributed by atoms with van der Waals surface area (Å²) in [5.41, 5.74) is -1.69. The fraction of sp³-hybridized carbons (Fsp3) is 0.400. The van der Waals surface area contributed by atoms with Gasteiger partial charge < -0.3 is 16.0 Å². The monoisotopic (exact) mass is 449 g/mol. The van der Waals surface area contributed by atoms with Gasteiger partial charge in [-0.1, -0.05) is 17.8 Å². The van der Waals surface area contributed by atoms with Gasteiger partial charge in [0.05, 0.1) is 0 Å². The van der Waals surface area contributed by atoms with Gasteiger partial charge in [-0.05, 0) is 32.0 Å². The molecule has 2 aliphatic rings. The molecular formula is C20H21F2N5O3S. The molecule has 0 spiro atoms. The zero-order chi connectivity index (χ0) is 22.0. The number of piperidine rings is 1. The van der Waals surface area contributed by atoms with Crippen LogP contribution < -0.4 is 21.5 Å². The Morgan fingerprint density at radius 1 is 1.26 bits per heavy atom. The molecule has 2 aromatic rings. The predicted octanol–water partition coefficient (Wildman–Crippen LogP) is 0.796. The Morgan fingerprint density at radius 3 is 2.77 bits per heavy atom. The molecule has 164 valence electrons. The lowest BCUT2D eigenvalue weighted by atomic mass is 9.86. The number of hydrogen-bond donors (Lipinski definition) is 3. The van der Waals surface area contributed by atoms with Crippen molar-refractivity contribution >= 4 is 23.6 Å². The standard InChI is InChI=1S/C20H21F2N5O3S/c21-13-2-1-12(15(22)9-13)10-24-18(30)20(3-5-23-6-4-20)26-16(28)14-11-25-19-27(17(14)29)7-8-31-19/h1-2,9,11,23H,3-8,10H2,(H,24,30)(H,26,28). The molecule has 3 N–H and O–H groups in total. The molecule has 2 aliphatic heterocycles. The molecule has 0 radical (unpaired) electrons. The highest BCUT2D eigenvalue weighted by atomic mass is 32.2. The zero-order valence-electron chi connectivity index (χ0n) is 16.5. The fourth-order valence-electron chi connectivity index (χ4n) is 3.73. The molecule has 0 bridgehead atoms. The summed E-state index contributed by atoms with van der Waals surface area (Å²) in [5, 5.41) is 9.07. The summed E-state index contributed by atoms with van der Waals surface area (Å²) in [4.78, 5) is 42.8. The van der Waals surface area contributed by atoms with Crippen LogP contribution in [0.1, 0.15) is 28.8 Å². The first-order valence-electron chi connectivity index (χ1n) is 9.88. The third-order valence-corrected chi connectivity index (χ3v) is 6.47. The van der Waals surface area contributed by atoms with Crippen LogP contribution in [0.3, 0.4) is 0 Å². The number of fused-ring (bicyclic) bond motifs is 1. The third-order valence-electron chi connectivity index (χ3n) is 5.50. The molecule has 0 saturated carbocycles. The Morgan fingerprint density at radius 2 is 2.03 bits per heavy atom. The lowest BCUT2D eigenvalue weighted by molar-refractivity contribution is -0.128. The topological polar surface area (TPSA) is 105 Å². The van der Waals surface area contributed by atoms with Crippen LogP contribution in [0.15, 0.2) is 34.3 Å². The maximum absolute atomic E-state index is 13.9. The number of amides is 2. The van der Waals surface area contributed by atoms with Crippen molar-refractivity contribution in [3.05, 3.63) is 57.5 Å². The molecule has 3 heterocycles. The predicted molar refractivity (Wildman–Crippen MR) is 110 cm³/mol. The molecule has 1 aromatic carbocycles. The Hall–Kier alpha value is -2.79. The van der Waals surface area contributed by atoms with Crippen molar-refractivity contribution < 1.29 is 18.4 Å². The summed E-state index contributed by atoms with van der Waals surface area (Å²) in [5.74, 6) is -1.92. The van der Waals surface area contributed by atoms with Gasteiger partial charge in [-0.2, -0.15) is 0 Å².